The predicted molar refractivity (Wildman–Crippen MR) is 148 cm³/mol. The number of aryl methyl sites for hydroxylation is 1. The van der Waals surface area contributed by atoms with Crippen LogP contribution < -0.4 is 0 Å². The van der Waals surface area contributed by atoms with Crippen LogP contribution >= 0.6 is 11.3 Å². The van der Waals surface area contributed by atoms with Gasteiger partial charge in [0.1, 0.15) is 0 Å². The Bertz CT molecular complexity index is 1690. The van der Waals surface area contributed by atoms with Crippen molar-refractivity contribution in [1.82, 2.24) is 9.97 Å². The first-order valence-corrected chi connectivity index (χ1v) is 12.2. The van der Waals surface area contributed by atoms with Gasteiger partial charge in [-0.3, -0.25) is 4.98 Å². The number of hydrogen-bond acceptors (Lipinski definition) is 3. The summed E-state index contributed by atoms with van der Waals surface area (Å²) in [4.78, 5) is 7.84. The van der Waals surface area contributed by atoms with Crippen LogP contribution in [0.25, 0.3) is 31.4 Å². The molecule has 36 heavy (non-hydrogen) atoms. The summed E-state index contributed by atoms with van der Waals surface area (Å²) >= 11 is 1.83. The summed E-state index contributed by atoms with van der Waals surface area (Å²) in [5, 5.41) is 2.70. The minimum atomic E-state index is -0.345. The molecule has 7 rings (SSSR count). The maximum absolute atomic E-state index is 8.04. The van der Waals surface area contributed by atoms with Crippen LogP contribution in [0.3, 0.4) is 0 Å². The van der Waals surface area contributed by atoms with Crippen LogP contribution in [0.15, 0.2) is 109 Å². The summed E-state index contributed by atoms with van der Waals surface area (Å²) in [6.45, 7) is 2.05. The minimum absolute atomic E-state index is 0. The van der Waals surface area contributed by atoms with Crippen molar-refractivity contribution < 1.29 is 27.0 Å². The van der Waals surface area contributed by atoms with Crippen molar-refractivity contribution in [2.75, 3.05) is 0 Å². The Morgan fingerprint density at radius 3 is 2.56 bits per heavy atom. The predicted octanol–water partition coefficient (Wildman–Crippen LogP) is 8.67. The molecule has 0 amide bonds. The molecule has 3 heterocycles. The molecule has 6 aromatic rings. The molecule has 0 atom stereocenters. The van der Waals surface area contributed by atoms with Gasteiger partial charge in [-0.15, -0.1) is 40.8 Å². The Labute approximate surface area is 237 Å². The largest absolute Gasteiger partial charge is 0.304 e. The van der Waals surface area contributed by atoms with Gasteiger partial charge in [0, 0.05) is 44.7 Å². The SMILES string of the molecule is [2H]C1(c2ccc(-c3[c-]cc(C)cc3)nc2)CC1.[2H]c1cnc([2H])c([2H])c1[2H].[Ir].[c-]1ccc2c(c1)sc1ccccc12. The fraction of sp³-hybridized carbons (Fsp3) is 0.125. The Morgan fingerprint density at radius 1 is 0.944 bits per heavy atom. The molecule has 0 spiro atoms. The number of pyridine rings is 2. The minimum Gasteiger partial charge on any atom is -0.304 e. The fourth-order valence-electron chi connectivity index (χ4n) is 3.59. The first kappa shape index (κ1) is 20.0. The topological polar surface area (TPSA) is 25.8 Å². The summed E-state index contributed by atoms with van der Waals surface area (Å²) in [6, 6.07) is 30.5. The number of hydrogen-bond donors (Lipinski definition) is 0. The van der Waals surface area contributed by atoms with Crippen LogP contribution in [0.5, 0.6) is 0 Å². The number of benzene rings is 3. The van der Waals surface area contributed by atoms with Crippen molar-refractivity contribution in [2.24, 2.45) is 0 Å². The average molecular weight is 668 g/mol. The first-order chi connectivity index (χ1) is 19.2. The van der Waals surface area contributed by atoms with Crippen molar-refractivity contribution in [3.8, 4) is 11.3 Å². The van der Waals surface area contributed by atoms with Gasteiger partial charge < -0.3 is 4.98 Å². The first-order valence-electron chi connectivity index (χ1n) is 13.9. The van der Waals surface area contributed by atoms with E-state index in [9.17, 15) is 0 Å². The van der Waals surface area contributed by atoms with Gasteiger partial charge in [-0.05, 0) is 53.5 Å². The summed E-state index contributed by atoms with van der Waals surface area (Å²) in [7, 11) is 0. The fourth-order valence-corrected chi connectivity index (χ4v) is 4.67. The molecule has 0 aliphatic heterocycles. The molecule has 0 unspecified atom stereocenters. The van der Waals surface area contributed by atoms with Gasteiger partial charge in [0.25, 0.3) is 0 Å². The Morgan fingerprint density at radius 2 is 1.81 bits per heavy atom. The number of thiophene rings is 1. The van der Waals surface area contributed by atoms with E-state index in [-0.39, 0.29) is 50.3 Å². The van der Waals surface area contributed by atoms with E-state index in [2.05, 4.69) is 64.6 Å². The van der Waals surface area contributed by atoms with Gasteiger partial charge in [-0.1, -0.05) is 48.0 Å². The zero-order valence-corrected chi connectivity index (χ0v) is 22.8. The maximum Gasteiger partial charge on any atom is 0.0840 e. The van der Waals surface area contributed by atoms with E-state index < -0.39 is 0 Å². The van der Waals surface area contributed by atoms with Crippen molar-refractivity contribution in [3.05, 3.63) is 133 Å². The van der Waals surface area contributed by atoms with Crippen LogP contribution in [-0.4, -0.2) is 9.97 Å². The summed E-state index contributed by atoms with van der Waals surface area (Å²) < 4.78 is 38.8. The van der Waals surface area contributed by atoms with Crippen molar-refractivity contribution in [3.63, 3.8) is 0 Å². The summed E-state index contributed by atoms with van der Waals surface area (Å²) in [5.41, 5.74) is 4.18. The average Bonchev–Trinajstić information content (AvgIpc) is 3.63. The van der Waals surface area contributed by atoms with Crippen LogP contribution in [0, 0.1) is 19.1 Å². The maximum atomic E-state index is 8.04. The second-order valence-electron chi connectivity index (χ2n) is 8.10. The molecule has 3 aromatic carbocycles. The molecule has 0 N–H and O–H groups in total. The van der Waals surface area contributed by atoms with Crippen molar-refractivity contribution >= 4 is 31.5 Å². The third kappa shape index (κ3) is 6.73. The molecule has 4 heteroatoms. The molecule has 0 saturated heterocycles. The van der Waals surface area contributed by atoms with Crippen LogP contribution in [0.2, 0.25) is 0 Å². The molecule has 1 aliphatic carbocycles. The summed E-state index contributed by atoms with van der Waals surface area (Å²) in [5.74, 6) is -0.345. The molecule has 1 saturated carbocycles. The van der Waals surface area contributed by atoms with E-state index in [0.717, 1.165) is 35.9 Å². The second-order valence-corrected chi connectivity index (χ2v) is 9.18. The quantitative estimate of drug-likeness (QED) is 0.173. The molecule has 0 bridgehead atoms. The smallest absolute Gasteiger partial charge is 0.0840 e. The number of aromatic nitrogens is 2. The van der Waals surface area contributed by atoms with Gasteiger partial charge in [0.15, 0.2) is 0 Å². The van der Waals surface area contributed by atoms with Crippen LogP contribution in [-0.2, 0) is 20.1 Å². The Hall–Kier alpha value is -3.17. The molecule has 1 aliphatic rings. The van der Waals surface area contributed by atoms with E-state index in [1.165, 1.54) is 25.7 Å². The van der Waals surface area contributed by atoms with E-state index >= 15 is 0 Å². The van der Waals surface area contributed by atoms with Crippen molar-refractivity contribution in [2.45, 2.75) is 25.7 Å². The van der Waals surface area contributed by atoms with Crippen molar-refractivity contribution in [1.29, 1.82) is 0 Å². The number of rotatable bonds is 2. The van der Waals surface area contributed by atoms with E-state index in [0.29, 0.717) is 0 Å². The third-order valence-electron chi connectivity index (χ3n) is 5.52. The molecule has 1 radical (unpaired) electrons. The standard InChI is InChI=1S/C15H14N.C12H7S.C5H5N.Ir/c1-11-2-4-13(5-3-11)15-9-8-14(10-16-15)12-6-7-12;1-3-7-11-9(5-1)10-6-2-4-8-12(10)13-11;1-2-4-6-5-3-1;/h2-4,8-10,12H,6-7H2,1H3;1-3,5-8H;1-5H;/q2*-1;;/i12D;;1D,2D,3D,4D;. The second kappa shape index (κ2) is 12.7. The number of nitrogens with zero attached hydrogens (tertiary/aromatic N) is 2. The Balaban J connectivity index is 0.000000145. The third-order valence-corrected chi connectivity index (χ3v) is 6.66. The molecular weight excluding hydrogens is 637 g/mol. The van der Waals surface area contributed by atoms with E-state index in [1.54, 1.807) is 0 Å². The van der Waals surface area contributed by atoms with Gasteiger partial charge in [0.05, 0.1) is 5.48 Å². The Kier molecular flexibility index (Phi) is 7.03. The number of fused-ring (bicyclic) bond motifs is 3. The monoisotopic (exact) mass is 668 g/mol. The van der Waals surface area contributed by atoms with Gasteiger partial charge in [-0.2, -0.15) is 24.3 Å². The van der Waals surface area contributed by atoms with E-state index in [4.69, 9.17) is 6.85 Å². The normalized spacial score (nSPS) is 14.9. The van der Waals surface area contributed by atoms with Crippen LogP contribution in [0.4, 0.5) is 0 Å². The van der Waals surface area contributed by atoms with E-state index in [1.807, 2.05) is 54.8 Å². The van der Waals surface area contributed by atoms with Gasteiger partial charge in [0.2, 0.25) is 0 Å². The zero-order chi connectivity index (χ0) is 28.3. The van der Waals surface area contributed by atoms with Crippen LogP contribution in [0.1, 0.15) is 36.7 Å². The summed E-state index contributed by atoms with van der Waals surface area (Å²) in [6.07, 6.45) is 4.61. The van der Waals surface area contributed by atoms with Gasteiger partial charge in [-0.25, -0.2) is 11.3 Å². The molecule has 2 nitrogen and oxygen atoms in total. The molecule has 181 valence electrons. The zero-order valence-electron chi connectivity index (χ0n) is 24.6. The molecule has 3 aromatic heterocycles. The molecular formula is C32H26IrN2S-2. The molecule has 1 fully saturated rings. The van der Waals surface area contributed by atoms with Gasteiger partial charge >= 0.3 is 0 Å².